The number of benzene rings is 2. The molecule has 0 radical (unpaired) electrons. The van der Waals surface area contributed by atoms with Crippen LogP contribution in [0.4, 0.5) is 10.1 Å². The number of pyridine rings is 1. The lowest BCUT2D eigenvalue weighted by molar-refractivity contribution is 0.629. The highest BCUT2D eigenvalue weighted by Gasteiger charge is 2.18. The average molecular weight is 499 g/mol. The van der Waals surface area contributed by atoms with Crippen LogP contribution >= 0.6 is 11.3 Å². The molecule has 0 saturated heterocycles. The molecule has 180 valence electrons. The van der Waals surface area contributed by atoms with Crippen molar-refractivity contribution in [3.05, 3.63) is 117 Å². The zero-order chi connectivity index (χ0) is 25.2. The van der Waals surface area contributed by atoms with E-state index in [1.165, 1.54) is 17.4 Å². The lowest BCUT2D eigenvalue weighted by Gasteiger charge is -2.07. The summed E-state index contributed by atoms with van der Waals surface area (Å²) in [6.07, 6.45) is 1.69. The fourth-order valence-electron chi connectivity index (χ4n) is 3.88. The molecule has 36 heavy (non-hydrogen) atoms. The van der Waals surface area contributed by atoms with E-state index in [1.54, 1.807) is 43.8 Å². The molecule has 3 aromatic heterocycles. The van der Waals surface area contributed by atoms with E-state index in [0.717, 1.165) is 5.69 Å². The molecule has 0 fully saturated rings. The van der Waals surface area contributed by atoms with Gasteiger partial charge in [0.15, 0.2) is 5.69 Å². The number of halogens is 1. The SMILES string of the molecule is CC(=Nn1c(-c2ccccc2F)csc1=Nc1c(C)n(C)n(-c2ccccc2)c1=O)c1ccccn1. The number of thiazole rings is 1. The molecule has 9 heteroatoms. The van der Waals surface area contributed by atoms with Gasteiger partial charge in [-0.2, -0.15) is 5.10 Å². The topological polar surface area (TPSA) is 69.5 Å². The maximum atomic E-state index is 14.8. The van der Waals surface area contributed by atoms with Gasteiger partial charge < -0.3 is 0 Å². The highest BCUT2D eigenvalue weighted by Crippen LogP contribution is 2.24. The van der Waals surface area contributed by atoms with Crippen molar-refractivity contribution in [1.82, 2.24) is 19.0 Å². The van der Waals surface area contributed by atoms with Crippen molar-refractivity contribution < 1.29 is 4.39 Å². The number of hydrogen-bond acceptors (Lipinski definition) is 5. The Morgan fingerprint density at radius 1 is 1.00 bits per heavy atom. The molecule has 0 amide bonds. The van der Waals surface area contributed by atoms with Crippen LogP contribution in [0.5, 0.6) is 0 Å². The minimum absolute atomic E-state index is 0.251. The van der Waals surface area contributed by atoms with Crippen LogP contribution in [0.3, 0.4) is 0 Å². The number of rotatable bonds is 5. The van der Waals surface area contributed by atoms with Crippen LogP contribution in [0.25, 0.3) is 16.9 Å². The molecule has 5 rings (SSSR count). The first kappa shape index (κ1) is 23.4. The fourth-order valence-corrected chi connectivity index (χ4v) is 4.71. The molecule has 5 aromatic rings. The number of aromatic nitrogens is 4. The van der Waals surface area contributed by atoms with E-state index in [2.05, 4.69) is 4.98 Å². The molecular weight excluding hydrogens is 475 g/mol. The van der Waals surface area contributed by atoms with Crippen molar-refractivity contribution in [1.29, 1.82) is 0 Å². The summed E-state index contributed by atoms with van der Waals surface area (Å²) in [5.41, 5.74) is 3.71. The van der Waals surface area contributed by atoms with Crippen LogP contribution in [0, 0.1) is 12.7 Å². The van der Waals surface area contributed by atoms with E-state index in [9.17, 15) is 9.18 Å². The Hall–Kier alpha value is -4.37. The number of nitrogens with zero attached hydrogens (tertiary/aromatic N) is 6. The van der Waals surface area contributed by atoms with Gasteiger partial charge >= 0.3 is 0 Å². The van der Waals surface area contributed by atoms with Gasteiger partial charge in [0.25, 0.3) is 5.56 Å². The van der Waals surface area contributed by atoms with Crippen molar-refractivity contribution in [2.45, 2.75) is 13.8 Å². The van der Waals surface area contributed by atoms with Crippen LogP contribution in [-0.4, -0.2) is 24.7 Å². The number of hydrogen-bond donors (Lipinski definition) is 0. The second-order valence-corrected chi connectivity index (χ2v) is 8.95. The molecule has 0 spiro atoms. The molecular formula is C27H23FN6OS. The maximum absolute atomic E-state index is 14.8. The van der Waals surface area contributed by atoms with Gasteiger partial charge in [-0.1, -0.05) is 36.4 Å². The van der Waals surface area contributed by atoms with Crippen molar-refractivity contribution in [3.8, 4) is 16.9 Å². The van der Waals surface area contributed by atoms with Gasteiger partial charge in [-0.15, -0.1) is 11.3 Å². The predicted octanol–water partition coefficient (Wildman–Crippen LogP) is 5.05. The smallest absolute Gasteiger partial charge is 0.283 e. The zero-order valence-corrected chi connectivity index (χ0v) is 20.8. The molecule has 0 bridgehead atoms. The van der Waals surface area contributed by atoms with Crippen LogP contribution in [0.2, 0.25) is 0 Å². The normalized spacial score (nSPS) is 12.3. The second kappa shape index (κ2) is 9.71. The van der Waals surface area contributed by atoms with Crippen molar-refractivity contribution in [3.63, 3.8) is 0 Å². The monoisotopic (exact) mass is 498 g/mol. The van der Waals surface area contributed by atoms with Crippen molar-refractivity contribution in [2.24, 2.45) is 17.1 Å². The van der Waals surface area contributed by atoms with Crippen LogP contribution in [0.1, 0.15) is 18.3 Å². The largest absolute Gasteiger partial charge is 0.297 e. The van der Waals surface area contributed by atoms with Crippen molar-refractivity contribution in [2.75, 3.05) is 0 Å². The summed E-state index contributed by atoms with van der Waals surface area (Å²) in [7, 11) is 1.82. The van der Waals surface area contributed by atoms with Gasteiger partial charge in [-0.05, 0) is 50.2 Å². The molecule has 3 heterocycles. The Labute approximate surface area is 210 Å². The molecule has 7 nitrogen and oxygen atoms in total. The molecule has 2 aromatic carbocycles. The average Bonchev–Trinajstić information content (AvgIpc) is 3.38. The van der Waals surface area contributed by atoms with Gasteiger partial charge in [0, 0.05) is 24.2 Å². The number of para-hydroxylation sites is 1. The Kier molecular flexibility index (Phi) is 6.30. The van der Waals surface area contributed by atoms with E-state index >= 15 is 0 Å². The minimum atomic E-state index is -0.372. The van der Waals surface area contributed by atoms with E-state index in [1.807, 2.05) is 69.4 Å². The van der Waals surface area contributed by atoms with Gasteiger partial charge in [-0.25, -0.2) is 18.7 Å². The van der Waals surface area contributed by atoms with Crippen LogP contribution in [0.15, 0.2) is 99.3 Å². The zero-order valence-electron chi connectivity index (χ0n) is 20.0. The Morgan fingerprint density at radius 2 is 1.72 bits per heavy atom. The standard InChI is InChI=1S/C27H23FN6OS/c1-18(23-15-9-10-16-29-23)31-33-24(21-13-7-8-14-22(21)28)17-36-27(33)30-25-19(2)32(3)34(26(25)35)20-11-5-4-6-12-20/h4-17H,1-3H3. The molecule has 0 N–H and O–H groups in total. The molecule has 0 aliphatic rings. The summed E-state index contributed by atoms with van der Waals surface area (Å²) in [5, 5.41) is 6.55. The van der Waals surface area contributed by atoms with E-state index in [-0.39, 0.29) is 11.4 Å². The molecule has 0 unspecified atom stereocenters. The lowest BCUT2D eigenvalue weighted by atomic mass is 10.1. The first-order chi connectivity index (χ1) is 17.5. The maximum Gasteiger partial charge on any atom is 0.297 e. The van der Waals surface area contributed by atoms with Gasteiger partial charge in [-0.3, -0.25) is 14.5 Å². The Balaban J connectivity index is 1.75. The van der Waals surface area contributed by atoms with Crippen LogP contribution in [-0.2, 0) is 7.05 Å². The third kappa shape index (κ3) is 4.25. The summed E-state index contributed by atoms with van der Waals surface area (Å²) in [6, 6.07) is 21.5. The first-order valence-corrected chi connectivity index (χ1v) is 12.1. The summed E-state index contributed by atoms with van der Waals surface area (Å²) in [4.78, 5) is 23.0. The molecule has 0 saturated carbocycles. The van der Waals surface area contributed by atoms with E-state index < -0.39 is 0 Å². The minimum Gasteiger partial charge on any atom is -0.283 e. The summed E-state index contributed by atoms with van der Waals surface area (Å²) >= 11 is 1.28. The Morgan fingerprint density at radius 3 is 2.44 bits per heavy atom. The fraction of sp³-hybridized carbons (Fsp3) is 0.111. The van der Waals surface area contributed by atoms with Crippen molar-refractivity contribution >= 4 is 22.7 Å². The van der Waals surface area contributed by atoms with Gasteiger partial charge in [0.2, 0.25) is 4.80 Å². The molecule has 0 atom stereocenters. The highest BCUT2D eigenvalue weighted by atomic mass is 32.1. The predicted molar refractivity (Wildman–Crippen MR) is 141 cm³/mol. The summed E-state index contributed by atoms with van der Waals surface area (Å²) in [5.74, 6) is -0.372. The third-order valence-corrected chi connectivity index (χ3v) is 6.67. The van der Waals surface area contributed by atoms with E-state index in [4.69, 9.17) is 10.1 Å². The molecule has 0 aliphatic heterocycles. The first-order valence-electron chi connectivity index (χ1n) is 11.3. The van der Waals surface area contributed by atoms with E-state index in [0.29, 0.717) is 38.8 Å². The quantitative estimate of drug-likeness (QED) is 0.318. The molecule has 0 aliphatic carbocycles. The summed E-state index contributed by atoms with van der Waals surface area (Å²) < 4.78 is 19.7. The van der Waals surface area contributed by atoms with Gasteiger partial charge in [0.1, 0.15) is 5.82 Å². The highest BCUT2D eigenvalue weighted by molar-refractivity contribution is 7.07. The van der Waals surface area contributed by atoms with Gasteiger partial charge in [0.05, 0.1) is 28.5 Å². The Bertz CT molecular complexity index is 1690. The lowest BCUT2D eigenvalue weighted by Crippen LogP contribution is -2.20. The second-order valence-electron chi connectivity index (χ2n) is 8.12. The van der Waals surface area contributed by atoms with Crippen LogP contribution < -0.4 is 10.4 Å². The third-order valence-electron chi connectivity index (χ3n) is 5.85. The summed E-state index contributed by atoms with van der Waals surface area (Å²) in [6.45, 7) is 3.68.